The molecule has 0 amide bonds. The Kier molecular flexibility index (Phi) is 35.9. The first-order valence-electron chi connectivity index (χ1n) is 49.2. The summed E-state index contributed by atoms with van der Waals surface area (Å²) < 4.78 is 73.4. The maximum Gasteiger partial charge on any atom is 0.338 e. The predicted octanol–water partition coefficient (Wildman–Crippen LogP) is 25.6. The molecule has 0 N–H and O–H groups in total. The number of rotatable bonds is 21. The van der Waals surface area contributed by atoms with Crippen LogP contribution in [0, 0.1) is 144 Å². The lowest BCUT2D eigenvalue weighted by molar-refractivity contribution is 0.0476. The Morgan fingerprint density at radius 1 is 0.213 bits per heavy atom. The Hall–Kier alpha value is -17.7. The highest BCUT2D eigenvalue weighted by Crippen LogP contribution is 2.40. The SMILES string of the molecule is C#Cc1cc(C#Cc2cc(OC)c(C#Cc3cc(C(C)(C)C)cc(C#Cc4cc(OC)c(C#Cc5cc(C#C)cc(C(C)(C)C)c5)cc4OC)c3OCCCOC(=O)c3ccc(-c4ccc(C(=O)OCCCOc5c(C#Cc6cc(OC)c(C#Cc7cc(C#C)cc(C(C)(C)C)c7)cc6OC)cc(C(C)(C)C)cc5C#Cc5cc(OC)c(C#Cc6cc(C#C)cc(C(C)(C)C)c6)cc5OC)cc4)cc3)cc2OC)cc(C(C)(C)C)c1. The number of ether oxygens (including phenoxy) is 12. The van der Waals surface area contributed by atoms with E-state index in [1.54, 1.807) is 130 Å². The van der Waals surface area contributed by atoms with E-state index in [1.165, 1.54) is 0 Å². The van der Waals surface area contributed by atoms with Crippen molar-refractivity contribution >= 4 is 11.9 Å². The summed E-state index contributed by atoms with van der Waals surface area (Å²) >= 11 is 0. The van der Waals surface area contributed by atoms with Gasteiger partial charge in [0.2, 0.25) is 0 Å². The first kappa shape index (κ1) is 111. The van der Waals surface area contributed by atoms with Crippen LogP contribution in [0.15, 0.2) is 194 Å². The zero-order valence-corrected chi connectivity index (χ0v) is 90.7. The largest absolute Gasteiger partial charge is 0.495 e. The number of hydrogen-bond donors (Lipinski definition) is 0. The van der Waals surface area contributed by atoms with E-state index >= 15 is 0 Å². The predicted molar refractivity (Wildman–Crippen MR) is 601 cm³/mol. The molecule has 12 aromatic carbocycles. The van der Waals surface area contributed by atoms with Gasteiger partial charge in [-0.1, -0.05) is 267 Å². The first-order valence-corrected chi connectivity index (χ1v) is 49.2. The Morgan fingerprint density at radius 2 is 0.387 bits per heavy atom. The zero-order valence-electron chi connectivity index (χ0n) is 90.7. The van der Waals surface area contributed by atoms with Crippen LogP contribution in [0.5, 0.6) is 57.5 Å². The van der Waals surface area contributed by atoms with E-state index in [0.29, 0.717) is 135 Å². The van der Waals surface area contributed by atoms with Gasteiger partial charge in [0, 0.05) is 106 Å². The van der Waals surface area contributed by atoms with Gasteiger partial charge in [0.1, 0.15) is 46.0 Å². The molecule has 14 nitrogen and oxygen atoms in total. The number of carbonyl (C=O) groups excluding carboxylic acids is 2. The lowest BCUT2D eigenvalue weighted by atomic mass is 9.84. The highest BCUT2D eigenvalue weighted by atomic mass is 16.5. The molecule has 0 bridgehead atoms. The summed E-state index contributed by atoms with van der Waals surface area (Å²) in [5, 5.41) is 0. The average Bonchev–Trinajstić information content (AvgIpc) is 0.789. The van der Waals surface area contributed by atoms with E-state index < -0.39 is 22.8 Å². The third-order valence-electron chi connectivity index (χ3n) is 24.7. The van der Waals surface area contributed by atoms with E-state index in [2.05, 4.69) is 243 Å². The Labute approximate surface area is 888 Å². The average molecular weight is 1980 g/mol. The number of methoxy groups -OCH3 is 8. The molecule has 0 aromatic heterocycles. The lowest BCUT2D eigenvalue weighted by Crippen LogP contribution is -2.13. The molecule has 0 aliphatic rings. The molecule has 0 spiro atoms. The molecule has 14 heteroatoms. The fourth-order valence-electron chi connectivity index (χ4n) is 15.7. The third kappa shape index (κ3) is 29.0. The summed E-state index contributed by atoms with van der Waals surface area (Å²) in [5.41, 5.74) is 19.3. The molecular weight excluding hydrogens is 1860 g/mol. The van der Waals surface area contributed by atoms with Crippen LogP contribution < -0.4 is 47.4 Å². The fraction of sp³-hybridized carbons (Fsp3) is 0.279. The van der Waals surface area contributed by atoms with Gasteiger partial charge in [-0.05, 0) is 198 Å². The monoisotopic (exact) mass is 1980 g/mol. The van der Waals surface area contributed by atoms with Gasteiger partial charge < -0.3 is 56.8 Å². The minimum absolute atomic E-state index is 0.00313. The van der Waals surface area contributed by atoms with Gasteiger partial charge in [-0.25, -0.2) is 9.59 Å². The number of esters is 2. The highest BCUT2D eigenvalue weighted by Gasteiger charge is 2.27. The van der Waals surface area contributed by atoms with Crippen molar-refractivity contribution in [2.45, 2.75) is 170 Å². The van der Waals surface area contributed by atoms with Crippen LogP contribution in [0.25, 0.3) is 11.1 Å². The molecule has 0 aliphatic heterocycles. The van der Waals surface area contributed by atoms with Crippen molar-refractivity contribution < 1.29 is 66.4 Å². The summed E-state index contributed by atoms with van der Waals surface area (Å²) in [6, 6.07) is 60.3. The van der Waals surface area contributed by atoms with Crippen molar-refractivity contribution in [3.8, 4) is 213 Å². The minimum Gasteiger partial charge on any atom is -0.495 e. The second kappa shape index (κ2) is 48.5. The van der Waals surface area contributed by atoms with Gasteiger partial charge in [0.15, 0.2) is 11.5 Å². The van der Waals surface area contributed by atoms with Gasteiger partial charge >= 0.3 is 11.9 Å². The Morgan fingerprint density at radius 3 is 0.567 bits per heavy atom. The molecule has 0 atom stereocenters. The highest BCUT2D eigenvalue weighted by molar-refractivity contribution is 5.91. The number of hydrogen-bond acceptors (Lipinski definition) is 14. The maximum absolute atomic E-state index is 13.9. The van der Waals surface area contributed by atoms with E-state index in [1.807, 2.05) is 121 Å². The van der Waals surface area contributed by atoms with Crippen LogP contribution in [-0.4, -0.2) is 95.2 Å². The number of terminal acetylenes is 4. The van der Waals surface area contributed by atoms with E-state index in [9.17, 15) is 9.59 Å². The molecule has 754 valence electrons. The van der Waals surface area contributed by atoms with Crippen molar-refractivity contribution in [2.75, 3.05) is 83.3 Å². The summed E-state index contributed by atoms with van der Waals surface area (Å²) in [5.74, 6) is 68.3. The minimum atomic E-state index is -0.535. The van der Waals surface area contributed by atoms with Crippen LogP contribution >= 0.6 is 0 Å². The van der Waals surface area contributed by atoms with Gasteiger partial charge in [-0.3, -0.25) is 0 Å². The van der Waals surface area contributed by atoms with Crippen molar-refractivity contribution in [1.29, 1.82) is 0 Å². The third-order valence-corrected chi connectivity index (χ3v) is 24.7. The van der Waals surface area contributed by atoms with Crippen LogP contribution in [0.3, 0.4) is 0 Å². The number of benzene rings is 12. The second-order valence-electron chi connectivity index (χ2n) is 41.9. The molecule has 0 aliphatic carbocycles. The van der Waals surface area contributed by atoms with Crippen molar-refractivity contribution in [3.05, 3.63) is 350 Å². The standard InChI is InChI=1S/C136H126O14/c1-31-89-65-93(73-113(69-89)131(5,6)7)37-41-101-81-123(143-27)105(85-119(101)139-23)53-57-109-77-117(135(17,18)19)78-110(58-54-106-86-120(140-24)102(82-124(106)144-28)42-38-94-66-90(32-2)70-114(74-94)132(8,9)10)127(109)147-61-35-63-149-129(137)99-49-45-97(46-50-99)98-47-51-100(52-48-98)130(138)150-64-36-62-148-128-111(59-55-107-87-121(141-25)103(83-125(107)145-29)43-39-95-67-91(33-3)71-115(75-95)133(11,12)13)79-118(136(20,21)22)80-112(128)60-56-108-88-122(142-26)104(84-126(108)146-30)44-40-96-68-92(34-4)72-116(76-96)134(14,15)16/h1-4,45-52,65-88H,35-36,61-64H2,5-30H3. The second-order valence-corrected chi connectivity index (χ2v) is 41.9. The molecule has 0 saturated heterocycles. The molecular formula is C136H126O14. The summed E-state index contributed by atoms with van der Waals surface area (Å²) in [6.07, 6.45) is 24.2. The molecule has 0 heterocycles. The van der Waals surface area contributed by atoms with Gasteiger partial charge in [0.25, 0.3) is 0 Å². The van der Waals surface area contributed by atoms with E-state index in [0.717, 1.165) is 89.0 Å². The van der Waals surface area contributed by atoms with Crippen LogP contribution in [0.4, 0.5) is 0 Å². The normalized spacial score (nSPS) is 10.9. The molecule has 12 aromatic rings. The van der Waals surface area contributed by atoms with E-state index in [4.69, 9.17) is 82.5 Å². The molecule has 0 fully saturated rings. The van der Waals surface area contributed by atoms with Crippen molar-refractivity contribution in [1.82, 2.24) is 0 Å². The van der Waals surface area contributed by atoms with Crippen LogP contribution in [-0.2, 0) is 42.0 Å². The van der Waals surface area contributed by atoms with Gasteiger partial charge in [-0.2, -0.15) is 0 Å². The fourth-order valence-corrected chi connectivity index (χ4v) is 15.7. The molecule has 0 saturated carbocycles. The van der Waals surface area contributed by atoms with Crippen molar-refractivity contribution in [2.24, 2.45) is 0 Å². The number of carbonyl (C=O) groups is 2. The van der Waals surface area contributed by atoms with Crippen LogP contribution in [0.2, 0.25) is 0 Å². The summed E-state index contributed by atoms with van der Waals surface area (Å²) in [4.78, 5) is 27.8. The molecule has 0 unspecified atom stereocenters. The molecule has 0 radical (unpaired) electrons. The van der Waals surface area contributed by atoms with Gasteiger partial charge in [0.05, 0.1) is 161 Å². The molecule has 12 rings (SSSR count). The first-order chi connectivity index (χ1) is 71.3. The quantitative estimate of drug-likeness (QED) is 0.0382. The Bertz CT molecular complexity index is 7100. The molecule has 150 heavy (non-hydrogen) atoms. The van der Waals surface area contributed by atoms with E-state index in [-0.39, 0.29) is 60.9 Å². The Balaban J connectivity index is 0.772. The van der Waals surface area contributed by atoms with Crippen LogP contribution in [0.1, 0.15) is 303 Å². The summed E-state index contributed by atoms with van der Waals surface area (Å²) in [7, 11) is 12.6. The van der Waals surface area contributed by atoms with Gasteiger partial charge in [-0.15, -0.1) is 25.7 Å². The zero-order chi connectivity index (χ0) is 109. The van der Waals surface area contributed by atoms with Crippen molar-refractivity contribution in [3.63, 3.8) is 0 Å². The maximum atomic E-state index is 13.9. The topological polar surface area (TPSA) is 145 Å². The summed E-state index contributed by atoms with van der Waals surface area (Å²) in [6.45, 7) is 38.4. The lowest BCUT2D eigenvalue weighted by Gasteiger charge is -2.22. The smallest absolute Gasteiger partial charge is 0.338 e.